The molecule has 0 bridgehead atoms. The summed E-state index contributed by atoms with van der Waals surface area (Å²) in [6, 6.07) is 11.0. The van der Waals surface area contributed by atoms with Crippen LogP contribution < -0.4 is 10.1 Å². The molecule has 1 amide bonds. The second-order valence-electron chi connectivity index (χ2n) is 6.33. The molecule has 0 aliphatic carbocycles. The Labute approximate surface area is 197 Å². The highest BCUT2D eigenvalue weighted by atomic mass is 127. The van der Waals surface area contributed by atoms with Gasteiger partial charge in [-0.2, -0.15) is 5.26 Å². The van der Waals surface area contributed by atoms with Gasteiger partial charge < -0.3 is 14.8 Å². The lowest BCUT2D eigenvalue weighted by atomic mass is 10.1. The summed E-state index contributed by atoms with van der Waals surface area (Å²) in [4.78, 5) is 24.0. The summed E-state index contributed by atoms with van der Waals surface area (Å²) in [7, 11) is 0. The highest BCUT2D eigenvalue weighted by Gasteiger charge is 2.14. The minimum absolute atomic E-state index is 0.0314. The number of benzene rings is 2. The summed E-state index contributed by atoms with van der Waals surface area (Å²) in [6.07, 6.45) is 1.50. The second-order valence-corrected chi connectivity index (χ2v) is 8.35. The van der Waals surface area contributed by atoms with Crippen LogP contribution in [0, 0.1) is 28.7 Å². The zero-order valence-electron chi connectivity index (χ0n) is 16.7. The molecule has 30 heavy (non-hydrogen) atoms. The van der Waals surface area contributed by atoms with E-state index in [4.69, 9.17) is 9.47 Å². The Morgan fingerprint density at radius 3 is 2.57 bits per heavy atom. The number of amides is 1. The van der Waals surface area contributed by atoms with E-state index in [0.717, 1.165) is 11.1 Å². The van der Waals surface area contributed by atoms with E-state index in [-0.39, 0.29) is 18.8 Å². The van der Waals surface area contributed by atoms with Crippen molar-refractivity contribution in [1.82, 2.24) is 0 Å². The van der Waals surface area contributed by atoms with E-state index in [1.165, 1.54) is 6.08 Å². The van der Waals surface area contributed by atoms with Crippen molar-refractivity contribution < 1.29 is 19.1 Å². The normalized spacial score (nSPS) is 10.9. The smallest absolute Gasteiger partial charge is 0.344 e. The third kappa shape index (κ3) is 6.57. The number of nitriles is 1. The molecule has 0 heterocycles. The summed E-state index contributed by atoms with van der Waals surface area (Å²) in [5, 5.41) is 12.2. The molecule has 6 nitrogen and oxygen atoms in total. The first-order valence-corrected chi connectivity index (χ1v) is 10.9. The molecule has 2 rings (SSSR count). The molecule has 0 saturated heterocycles. The minimum atomic E-state index is -0.491. The molecule has 0 fully saturated rings. The maximum absolute atomic E-state index is 12.5. The molecule has 2 aromatic rings. The molecule has 0 aliphatic heterocycles. The number of rotatable bonds is 7. The van der Waals surface area contributed by atoms with Crippen LogP contribution in [0.25, 0.3) is 6.08 Å². The number of hydrogen-bond donors (Lipinski definition) is 1. The summed E-state index contributed by atoms with van der Waals surface area (Å²) >= 11 is 5.47. The summed E-state index contributed by atoms with van der Waals surface area (Å²) in [6.45, 7) is 5.74. The van der Waals surface area contributed by atoms with Crippen LogP contribution in [0.5, 0.6) is 5.75 Å². The number of nitrogens with one attached hydrogen (secondary N) is 1. The molecule has 0 aromatic heterocycles. The molecule has 156 valence electrons. The monoisotopic (exact) mass is 582 g/mol. The fourth-order valence-electron chi connectivity index (χ4n) is 2.47. The van der Waals surface area contributed by atoms with E-state index < -0.39 is 11.9 Å². The Kier molecular flexibility index (Phi) is 8.87. The average molecular weight is 583 g/mol. The van der Waals surface area contributed by atoms with Gasteiger partial charge in [0.05, 0.1) is 14.6 Å². The minimum Gasteiger partial charge on any atom is -0.480 e. The molecule has 0 radical (unpaired) electrons. The van der Waals surface area contributed by atoms with Crippen LogP contribution in [0.2, 0.25) is 0 Å². The van der Waals surface area contributed by atoms with E-state index in [1.807, 2.05) is 32.0 Å². The van der Waals surface area contributed by atoms with E-state index in [9.17, 15) is 14.9 Å². The van der Waals surface area contributed by atoms with Crippen molar-refractivity contribution in [2.45, 2.75) is 20.8 Å². The Morgan fingerprint density at radius 1 is 1.23 bits per heavy atom. The molecule has 0 atom stereocenters. The molecular weight excluding hydrogens is 563 g/mol. The van der Waals surface area contributed by atoms with E-state index in [1.54, 1.807) is 25.1 Å². The number of esters is 1. The zero-order valence-corrected chi connectivity index (χ0v) is 20.5. The fourth-order valence-corrected chi connectivity index (χ4v) is 4.24. The van der Waals surface area contributed by atoms with Gasteiger partial charge in [0.2, 0.25) is 0 Å². The van der Waals surface area contributed by atoms with E-state index in [0.29, 0.717) is 25.0 Å². The van der Waals surface area contributed by atoms with Gasteiger partial charge in [-0.3, -0.25) is 4.79 Å². The Morgan fingerprint density at radius 2 is 1.97 bits per heavy atom. The summed E-state index contributed by atoms with van der Waals surface area (Å²) in [5.41, 5.74) is 3.40. The largest absolute Gasteiger partial charge is 0.480 e. The van der Waals surface area contributed by atoms with Gasteiger partial charge in [-0.25, -0.2) is 4.79 Å². The summed E-state index contributed by atoms with van der Waals surface area (Å²) in [5.74, 6) is -0.465. The number of carbonyl (C=O) groups excluding carboxylic acids is 2. The van der Waals surface area contributed by atoms with Crippen LogP contribution >= 0.6 is 38.5 Å². The van der Waals surface area contributed by atoms with Crippen molar-refractivity contribution >= 4 is 62.2 Å². The van der Waals surface area contributed by atoms with Crippen LogP contribution in [0.1, 0.15) is 23.6 Å². The number of halogens is 2. The SMILES string of the molecule is CCOC(=O)COc1c(Br)cc(/C=C(\C#N)C(=O)Nc2ccc(C)c(C)c2)cc1I. The van der Waals surface area contributed by atoms with Crippen LogP contribution in [0.15, 0.2) is 40.4 Å². The summed E-state index contributed by atoms with van der Waals surface area (Å²) < 4.78 is 11.7. The molecule has 0 spiro atoms. The Balaban J connectivity index is 2.20. The van der Waals surface area contributed by atoms with Crippen molar-refractivity contribution in [3.05, 3.63) is 60.6 Å². The third-order valence-corrected chi connectivity index (χ3v) is 5.49. The molecule has 2 aromatic carbocycles. The highest BCUT2D eigenvalue weighted by molar-refractivity contribution is 14.1. The maximum atomic E-state index is 12.5. The van der Waals surface area contributed by atoms with Crippen molar-refractivity contribution in [2.75, 3.05) is 18.5 Å². The predicted octanol–water partition coefficient (Wildman–Crippen LogP) is 5.16. The first kappa shape index (κ1) is 23.9. The van der Waals surface area contributed by atoms with E-state index >= 15 is 0 Å². The van der Waals surface area contributed by atoms with Crippen LogP contribution in [-0.2, 0) is 14.3 Å². The van der Waals surface area contributed by atoms with Gasteiger partial charge >= 0.3 is 5.97 Å². The molecule has 0 unspecified atom stereocenters. The van der Waals surface area contributed by atoms with Gasteiger partial charge in [-0.05, 0) is 106 Å². The number of aryl methyl sites for hydroxylation is 2. The Hall–Kier alpha value is -2.38. The lowest BCUT2D eigenvalue weighted by Crippen LogP contribution is -2.15. The van der Waals surface area contributed by atoms with Crippen molar-refractivity contribution in [3.8, 4) is 11.8 Å². The van der Waals surface area contributed by atoms with Crippen LogP contribution in [-0.4, -0.2) is 25.1 Å². The van der Waals surface area contributed by atoms with Gasteiger partial charge in [0.15, 0.2) is 6.61 Å². The number of hydrogen-bond acceptors (Lipinski definition) is 5. The Bertz CT molecular complexity index is 1020. The van der Waals surface area contributed by atoms with Gasteiger partial charge in [0.25, 0.3) is 5.91 Å². The molecule has 1 N–H and O–H groups in total. The van der Waals surface area contributed by atoms with Crippen molar-refractivity contribution in [3.63, 3.8) is 0 Å². The molecule has 8 heteroatoms. The van der Waals surface area contributed by atoms with Crippen molar-refractivity contribution in [1.29, 1.82) is 5.26 Å². The first-order chi connectivity index (χ1) is 14.2. The number of carbonyl (C=O) groups is 2. The second kappa shape index (κ2) is 11.1. The first-order valence-electron chi connectivity index (χ1n) is 9.03. The predicted molar refractivity (Wildman–Crippen MR) is 127 cm³/mol. The maximum Gasteiger partial charge on any atom is 0.344 e. The standard InChI is InChI=1S/C22H20BrIN2O4/c1-4-29-20(27)12-30-21-18(23)9-15(10-19(21)24)8-16(11-25)22(28)26-17-6-5-13(2)14(3)7-17/h5-10H,4,12H2,1-3H3,(H,26,28)/b16-8+. The highest BCUT2D eigenvalue weighted by Crippen LogP contribution is 2.33. The van der Waals surface area contributed by atoms with Crippen LogP contribution in [0.3, 0.4) is 0 Å². The lowest BCUT2D eigenvalue weighted by molar-refractivity contribution is -0.145. The number of nitrogens with zero attached hydrogens (tertiary/aromatic N) is 1. The van der Waals surface area contributed by atoms with Gasteiger partial charge in [-0.15, -0.1) is 0 Å². The average Bonchev–Trinajstić information content (AvgIpc) is 2.68. The zero-order chi connectivity index (χ0) is 22.3. The molecular formula is C22H20BrIN2O4. The van der Waals surface area contributed by atoms with E-state index in [2.05, 4.69) is 43.8 Å². The fraction of sp³-hybridized carbons (Fsp3) is 0.227. The third-order valence-electron chi connectivity index (χ3n) is 4.10. The van der Waals surface area contributed by atoms with Gasteiger partial charge in [-0.1, -0.05) is 6.07 Å². The van der Waals surface area contributed by atoms with Crippen molar-refractivity contribution in [2.24, 2.45) is 0 Å². The number of anilines is 1. The van der Waals surface area contributed by atoms with Crippen LogP contribution in [0.4, 0.5) is 5.69 Å². The van der Waals surface area contributed by atoms with Gasteiger partial charge in [0, 0.05) is 5.69 Å². The topological polar surface area (TPSA) is 88.4 Å². The quantitative estimate of drug-likeness (QED) is 0.211. The van der Waals surface area contributed by atoms with Gasteiger partial charge in [0.1, 0.15) is 17.4 Å². The lowest BCUT2D eigenvalue weighted by Gasteiger charge is -2.11. The number of ether oxygens (including phenoxy) is 2. The molecule has 0 aliphatic rings. The molecule has 0 saturated carbocycles.